The summed E-state index contributed by atoms with van der Waals surface area (Å²) in [6, 6.07) is 2.04. The molecule has 116 valence electrons. The summed E-state index contributed by atoms with van der Waals surface area (Å²) in [6.45, 7) is 1.79. The van der Waals surface area contributed by atoms with E-state index in [2.05, 4.69) is 5.10 Å². The largest absolute Gasteiger partial charge is 0.382 e. The number of hydrogen-bond acceptors (Lipinski definition) is 5. The third-order valence-electron chi connectivity index (χ3n) is 4.05. The summed E-state index contributed by atoms with van der Waals surface area (Å²) < 4.78 is 7.32. The fourth-order valence-corrected chi connectivity index (χ4v) is 4.15. The molecule has 2 N–H and O–H groups in total. The lowest BCUT2D eigenvalue weighted by molar-refractivity contribution is -0.135. The Morgan fingerprint density at radius 2 is 2.48 bits per heavy atom. The number of nitrogens with zero attached hydrogens (tertiary/aromatic N) is 3. The van der Waals surface area contributed by atoms with Crippen molar-refractivity contribution in [3.05, 3.63) is 12.3 Å². The van der Waals surface area contributed by atoms with E-state index in [-0.39, 0.29) is 18.6 Å². The van der Waals surface area contributed by atoms with Crippen LogP contribution in [-0.2, 0) is 16.1 Å². The van der Waals surface area contributed by atoms with Gasteiger partial charge in [0.05, 0.1) is 6.10 Å². The number of hydrogen-bond donors (Lipinski definition) is 1. The maximum Gasteiger partial charge on any atom is 0.244 e. The number of rotatable bonds is 5. The Morgan fingerprint density at radius 3 is 3.10 bits per heavy atom. The molecule has 2 saturated heterocycles. The summed E-state index contributed by atoms with van der Waals surface area (Å²) in [6.07, 6.45) is 5.17. The first-order valence-corrected chi connectivity index (χ1v) is 8.65. The average Bonchev–Trinajstić information content (AvgIpc) is 3.18. The Hall–Kier alpha value is -1.21. The number of aromatic nitrogens is 2. The van der Waals surface area contributed by atoms with Crippen molar-refractivity contribution in [2.75, 3.05) is 30.4 Å². The molecule has 0 bridgehead atoms. The normalized spacial score (nSPS) is 25.3. The minimum atomic E-state index is 0.112. The second-order valence-electron chi connectivity index (χ2n) is 5.64. The lowest BCUT2D eigenvalue weighted by atomic mass is 10.1. The highest BCUT2D eigenvalue weighted by Gasteiger charge is 2.30. The van der Waals surface area contributed by atoms with Crippen molar-refractivity contribution in [3.63, 3.8) is 0 Å². The van der Waals surface area contributed by atoms with E-state index in [4.69, 9.17) is 10.5 Å². The number of carbonyl (C=O) groups excluding carboxylic acids is 1. The molecule has 2 unspecified atom stereocenters. The lowest BCUT2D eigenvalue weighted by Gasteiger charge is -2.30. The van der Waals surface area contributed by atoms with Gasteiger partial charge < -0.3 is 15.4 Å². The van der Waals surface area contributed by atoms with Gasteiger partial charge in [0.25, 0.3) is 0 Å². The Kier molecular flexibility index (Phi) is 4.70. The predicted molar refractivity (Wildman–Crippen MR) is 83.1 cm³/mol. The standard InChI is InChI=1S/C14H22N4O2S/c15-13-3-5-17(16-13)9-14(19)18(11-4-7-21-10-11)8-12-2-1-6-20-12/h3,5,11-12H,1-2,4,6-10H2,(H2,15,16). The third-order valence-corrected chi connectivity index (χ3v) is 5.19. The number of carbonyl (C=O) groups is 1. The highest BCUT2D eigenvalue weighted by atomic mass is 32.2. The number of anilines is 1. The second-order valence-corrected chi connectivity index (χ2v) is 6.79. The van der Waals surface area contributed by atoms with Gasteiger partial charge in [0.15, 0.2) is 0 Å². The molecule has 0 spiro atoms. The van der Waals surface area contributed by atoms with Crippen molar-refractivity contribution in [3.8, 4) is 0 Å². The van der Waals surface area contributed by atoms with Crippen LogP contribution in [0.1, 0.15) is 19.3 Å². The molecule has 7 heteroatoms. The topological polar surface area (TPSA) is 73.4 Å². The summed E-state index contributed by atoms with van der Waals surface area (Å²) >= 11 is 1.92. The van der Waals surface area contributed by atoms with Crippen LogP contribution in [0.2, 0.25) is 0 Å². The summed E-state index contributed by atoms with van der Waals surface area (Å²) in [5.74, 6) is 2.72. The van der Waals surface area contributed by atoms with Crippen LogP contribution in [0.3, 0.4) is 0 Å². The van der Waals surface area contributed by atoms with Crippen molar-refractivity contribution in [2.24, 2.45) is 0 Å². The Balaban J connectivity index is 1.65. The minimum absolute atomic E-state index is 0.112. The van der Waals surface area contributed by atoms with E-state index in [0.717, 1.165) is 37.4 Å². The number of ether oxygens (including phenoxy) is 1. The van der Waals surface area contributed by atoms with Crippen LogP contribution < -0.4 is 5.73 Å². The average molecular weight is 310 g/mol. The third kappa shape index (κ3) is 3.71. The van der Waals surface area contributed by atoms with Crippen LogP contribution in [0.15, 0.2) is 12.3 Å². The number of nitrogen functional groups attached to an aromatic ring is 1. The molecule has 0 saturated carbocycles. The van der Waals surface area contributed by atoms with E-state index in [1.54, 1.807) is 16.9 Å². The summed E-state index contributed by atoms with van der Waals surface area (Å²) in [7, 11) is 0. The fraction of sp³-hybridized carbons (Fsp3) is 0.714. The molecule has 2 fully saturated rings. The Labute approximate surface area is 129 Å². The van der Waals surface area contributed by atoms with Gasteiger partial charge in [-0.05, 0) is 31.1 Å². The zero-order valence-corrected chi connectivity index (χ0v) is 12.9. The molecule has 6 nitrogen and oxygen atoms in total. The van der Waals surface area contributed by atoms with Gasteiger partial charge in [0.1, 0.15) is 12.4 Å². The van der Waals surface area contributed by atoms with Gasteiger partial charge in [-0.3, -0.25) is 9.48 Å². The van der Waals surface area contributed by atoms with Crippen molar-refractivity contribution < 1.29 is 9.53 Å². The highest BCUT2D eigenvalue weighted by Crippen LogP contribution is 2.24. The molecule has 3 heterocycles. The van der Waals surface area contributed by atoms with Crippen LogP contribution in [0.4, 0.5) is 5.82 Å². The van der Waals surface area contributed by atoms with Crippen molar-refractivity contribution in [1.82, 2.24) is 14.7 Å². The molecule has 0 radical (unpaired) electrons. The van der Waals surface area contributed by atoms with E-state index in [0.29, 0.717) is 18.4 Å². The number of nitrogens with two attached hydrogens (primary N) is 1. The van der Waals surface area contributed by atoms with Crippen molar-refractivity contribution in [1.29, 1.82) is 0 Å². The zero-order chi connectivity index (χ0) is 14.7. The molecule has 3 rings (SSSR count). The van der Waals surface area contributed by atoms with E-state index >= 15 is 0 Å². The SMILES string of the molecule is Nc1ccn(CC(=O)N(CC2CCCO2)C2CCSC2)n1. The lowest BCUT2D eigenvalue weighted by Crippen LogP contribution is -2.46. The van der Waals surface area contributed by atoms with E-state index in [9.17, 15) is 4.79 Å². The van der Waals surface area contributed by atoms with Crippen LogP contribution in [0.5, 0.6) is 0 Å². The maximum absolute atomic E-state index is 12.7. The first-order chi connectivity index (χ1) is 10.2. The highest BCUT2D eigenvalue weighted by molar-refractivity contribution is 7.99. The monoisotopic (exact) mass is 310 g/mol. The molecule has 0 aliphatic carbocycles. The van der Waals surface area contributed by atoms with Crippen LogP contribution in [-0.4, -0.2) is 57.4 Å². The van der Waals surface area contributed by atoms with Gasteiger partial charge in [0, 0.05) is 31.1 Å². The van der Waals surface area contributed by atoms with Gasteiger partial charge in [-0.15, -0.1) is 0 Å². The van der Waals surface area contributed by atoms with E-state index < -0.39 is 0 Å². The van der Waals surface area contributed by atoms with Crippen molar-refractivity contribution >= 4 is 23.5 Å². The van der Waals surface area contributed by atoms with Crippen LogP contribution in [0, 0.1) is 0 Å². The van der Waals surface area contributed by atoms with Crippen LogP contribution in [0.25, 0.3) is 0 Å². The Bertz CT molecular complexity index is 481. The van der Waals surface area contributed by atoms with E-state index in [1.165, 1.54) is 0 Å². The van der Waals surface area contributed by atoms with Gasteiger partial charge in [-0.25, -0.2) is 0 Å². The molecule has 2 aliphatic heterocycles. The van der Waals surface area contributed by atoms with Gasteiger partial charge in [-0.1, -0.05) is 0 Å². The molecule has 1 aromatic heterocycles. The molecule has 21 heavy (non-hydrogen) atoms. The fourth-order valence-electron chi connectivity index (χ4n) is 2.92. The first-order valence-electron chi connectivity index (χ1n) is 7.50. The zero-order valence-electron chi connectivity index (χ0n) is 12.1. The maximum atomic E-state index is 12.7. The van der Waals surface area contributed by atoms with Gasteiger partial charge in [-0.2, -0.15) is 16.9 Å². The molecule has 1 aromatic rings. The van der Waals surface area contributed by atoms with Gasteiger partial charge >= 0.3 is 0 Å². The minimum Gasteiger partial charge on any atom is -0.382 e. The predicted octanol–water partition coefficient (Wildman–Crippen LogP) is 0.978. The summed E-state index contributed by atoms with van der Waals surface area (Å²) in [5.41, 5.74) is 5.60. The first kappa shape index (κ1) is 14.7. The number of thioether (sulfide) groups is 1. The van der Waals surface area contributed by atoms with Crippen molar-refractivity contribution in [2.45, 2.75) is 38.0 Å². The summed E-state index contributed by atoms with van der Waals surface area (Å²) in [4.78, 5) is 14.7. The van der Waals surface area contributed by atoms with Gasteiger partial charge in [0.2, 0.25) is 5.91 Å². The molecule has 1 amide bonds. The number of amides is 1. The molecular weight excluding hydrogens is 288 g/mol. The molecule has 2 atom stereocenters. The molecule has 2 aliphatic rings. The van der Waals surface area contributed by atoms with E-state index in [1.807, 2.05) is 16.7 Å². The van der Waals surface area contributed by atoms with Crippen LogP contribution >= 0.6 is 11.8 Å². The quantitative estimate of drug-likeness (QED) is 0.877. The Morgan fingerprint density at radius 1 is 1.57 bits per heavy atom. The molecule has 0 aromatic carbocycles. The second kappa shape index (κ2) is 6.70. The molecular formula is C14H22N4O2S. The summed E-state index contributed by atoms with van der Waals surface area (Å²) in [5, 5.41) is 4.10. The smallest absolute Gasteiger partial charge is 0.244 e.